The van der Waals surface area contributed by atoms with Gasteiger partial charge in [-0.15, -0.1) is 0 Å². The maximum Gasteiger partial charge on any atom is 0.321 e. The highest BCUT2D eigenvalue weighted by atomic mass is 16.7. The number of carbonyl (C=O) groups is 1. The van der Waals surface area contributed by atoms with Gasteiger partial charge in [-0.3, -0.25) is 0 Å². The van der Waals surface area contributed by atoms with E-state index >= 15 is 0 Å². The molecule has 2 aliphatic rings. The van der Waals surface area contributed by atoms with Crippen molar-refractivity contribution in [3.63, 3.8) is 0 Å². The van der Waals surface area contributed by atoms with E-state index in [1.165, 1.54) is 21.3 Å². The Labute approximate surface area is 146 Å². The molecular weight excluding hydrogens is 328 g/mol. The highest BCUT2D eigenvalue weighted by molar-refractivity contribution is 5.90. The molecule has 0 aliphatic carbocycles. The SMILES string of the molecule is COc1cc(NC(=O)N2CCC3(CC2)OCCO3)cc(OC)c1OC. The van der Waals surface area contributed by atoms with Gasteiger partial charge in [0.25, 0.3) is 0 Å². The molecule has 0 unspecified atom stereocenters. The van der Waals surface area contributed by atoms with Crippen LogP contribution in [0.1, 0.15) is 12.8 Å². The van der Waals surface area contributed by atoms with E-state index in [0.29, 0.717) is 62.1 Å². The molecule has 1 aromatic rings. The summed E-state index contributed by atoms with van der Waals surface area (Å²) in [7, 11) is 4.61. The Bertz CT molecular complexity index is 595. The number of likely N-dealkylation sites (tertiary alicyclic amines) is 1. The first-order valence-corrected chi connectivity index (χ1v) is 8.24. The summed E-state index contributed by atoms with van der Waals surface area (Å²) >= 11 is 0. The molecule has 1 N–H and O–H groups in total. The standard InChI is InChI=1S/C17H24N2O6/c1-21-13-10-12(11-14(22-2)15(13)23-3)18-16(20)19-6-4-17(5-7-19)24-8-9-25-17/h10-11H,4-9H2,1-3H3,(H,18,20). The molecule has 0 atom stereocenters. The van der Waals surface area contributed by atoms with Crippen molar-refractivity contribution in [2.24, 2.45) is 0 Å². The zero-order valence-corrected chi connectivity index (χ0v) is 14.8. The second kappa shape index (κ2) is 7.37. The molecule has 2 aliphatic heterocycles. The number of urea groups is 1. The summed E-state index contributed by atoms with van der Waals surface area (Å²) in [6.07, 6.45) is 1.35. The Hall–Kier alpha value is -2.19. The lowest BCUT2D eigenvalue weighted by Crippen LogP contribution is -2.48. The van der Waals surface area contributed by atoms with Gasteiger partial charge >= 0.3 is 6.03 Å². The molecule has 3 rings (SSSR count). The molecule has 2 saturated heterocycles. The Morgan fingerprint density at radius 1 is 1.04 bits per heavy atom. The monoisotopic (exact) mass is 352 g/mol. The van der Waals surface area contributed by atoms with Gasteiger partial charge in [-0.25, -0.2) is 4.79 Å². The van der Waals surface area contributed by atoms with Crippen LogP contribution in [-0.2, 0) is 9.47 Å². The molecule has 2 amide bonds. The average Bonchev–Trinajstić information content (AvgIpc) is 3.09. The summed E-state index contributed by atoms with van der Waals surface area (Å²) in [5.41, 5.74) is 0.577. The summed E-state index contributed by atoms with van der Waals surface area (Å²) < 4.78 is 27.3. The fraction of sp³-hybridized carbons (Fsp3) is 0.588. The molecule has 138 valence electrons. The Morgan fingerprint density at radius 3 is 2.08 bits per heavy atom. The third-order valence-corrected chi connectivity index (χ3v) is 4.54. The average molecular weight is 352 g/mol. The van der Waals surface area contributed by atoms with Crippen LogP contribution in [0.25, 0.3) is 0 Å². The number of hydrogen-bond acceptors (Lipinski definition) is 6. The highest BCUT2D eigenvalue weighted by Crippen LogP contribution is 2.40. The first-order chi connectivity index (χ1) is 12.1. The van der Waals surface area contributed by atoms with Crippen LogP contribution in [0.5, 0.6) is 17.2 Å². The van der Waals surface area contributed by atoms with Crippen molar-refractivity contribution >= 4 is 11.7 Å². The maximum atomic E-state index is 12.5. The minimum absolute atomic E-state index is 0.179. The van der Waals surface area contributed by atoms with Crippen molar-refractivity contribution in [2.45, 2.75) is 18.6 Å². The summed E-state index contributed by atoms with van der Waals surface area (Å²) in [6, 6.07) is 3.23. The van der Waals surface area contributed by atoms with Crippen molar-refractivity contribution in [3.8, 4) is 17.2 Å². The summed E-state index contributed by atoms with van der Waals surface area (Å²) in [6.45, 7) is 2.40. The number of nitrogens with one attached hydrogen (secondary N) is 1. The van der Waals surface area contributed by atoms with Crippen LogP contribution in [0.15, 0.2) is 12.1 Å². The minimum atomic E-state index is -0.497. The van der Waals surface area contributed by atoms with Gasteiger partial charge in [-0.05, 0) is 0 Å². The van der Waals surface area contributed by atoms with Gasteiger partial charge in [0.2, 0.25) is 5.75 Å². The number of rotatable bonds is 4. The molecule has 0 aromatic heterocycles. The Balaban J connectivity index is 1.67. The Morgan fingerprint density at radius 2 is 1.60 bits per heavy atom. The lowest BCUT2D eigenvalue weighted by molar-refractivity contribution is -0.181. The van der Waals surface area contributed by atoms with E-state index < -0.39 is 5.79 Å². The second-order valence-corrected chi connectivity index (χ2v) is 5.94. The number of nitrogens with zero attached hydrogens (tertiary/aromatic N) is 1. The van der Waals surface area contributed by atoms with Crippen molar-refractivity contribution in [1.29, 1.82) is 0 Å². The molecule has 8 nitrogen and oxygen atoms in total. The van der Waals surface area contributed by atoms with Crippen LogP contribution in [-0.4, -0.2) is 64.4 Å². The molecule has 0 bridgehead atoms. The zero-order valence-electron chi connectivity index (χ0n) is 14.8. The Kier molecular flexibility index (Phi) is 5.19. The van der Waals surface area contributed by atoms with Crippen LogP contribution in [0.3, 0.4) is 0 Å². The number of piperidine rings is 1. The van der Waals surface area contributed by atoms with Gasteiger partial charge in [0.15, 0.2) is 17.3 Å². The summed E-state index contributed by atoms with van der Waals surface area (Å²) in [5, 5.41) is 2.88. The van der Waals surface area contributed by atoms with Crippen LogP contribution in [0.4, 0.5) is 10.5 Å². The zero-order chi connectivity index (χ0) is 17.9. The van der Waals surface area contributed by atoms with Crippen LogP contribution in [0, 0.1) is 0 Å². The highest BCUT2D eigenvalue weighted by Gasteiger charge is 2.40. The van der Waals surface area contributed by atoms with E-state index in [4.69, 9.17) is 23.7 Å². The lowest BCUT2D eigenvalue weighted by atomic mass is 10.0. The smallest absolute Gasteiger partial charge is 0.321 e. The lowest BCUT2D eigenvalue weighted by Gasteiger charge is -2.37. The third-order valence-electron chi connectivity index (χ3n) is 4.54. The van der Waals surface area contributed by atoms with Crippen LogP contribution in [0.2, 0.25) is 0 Å². The van der Waals surface area contributed by atoms with Crippen molar-refractivity contribution in [3.05, 3.63) is 12.1 Å². The van der Waals surface area contributed by atoms with Crippen molar-refractivity contribution < 1.29 is 28.5 Å². The number of methoxy groups -OCH3 is 3. The summed E-state index contributed by atoms with van der Waals surface area (Å²) in [5.74, 6) is 0.965. The van der Waals surface area contributed by atoms with E-state index in [2.05, 4.69) is 5.32 Å². The second-order valence-electron chi connectivity index (χ2n) is 5.94. The van der Waals surface area contributed by atoms with Crippen molar-refractivity contribution in [2.75, 3.05) is 52.9 Å². The molecule has 2 fully saturated rings. The maximum absolute atomic E-state index is 12.5. The molecule has 1 aromatic carbocycles. The number of ether oxygens (including phenoxy) is 5. The molecule has 2 heterocycles. The molecule has 8 heteroatoms. The summed E-state index contributed by atoms with van der Waals surface area (Å²) in [4.78, 5) is 14.3. The van der Waals surface area contributed by atoms with Crippen molar-refractivity contribution in [1.82, 2.24) is 4.90 Å². The van der Waals surface area contributed by atoms with E-state index in [9.17, 15) is 4.79 Å². The molecular formula is C17H24N2O6. The number of carbonyl (C=O) groups excluding carboxylic acids is 1. The fourth-order valence-corrected chi connectivity index (χ4v) is 3.19. The fourth-order valence-electron chi connectivity index (χ4n) is 3.19. The largest absolute Gasteiger partial charge is 0.493 e. The van der Waals surface area contributed by atoms with E-state index in [1.807, 2.05) is 0 Å². The van der Waals surface area contributed by atoms with Gasteiger partial charge in [-0.1, -0.05) is 0 Å². The number of amides is 2. The van der Waals surface area contributed by atoms with Gasteiger partial charge in [0.05, 0.1) is 40.2 Å². The molecule has 25 heavy (non-hydrogen) atoms. The van der Waals surface area contributed by atoms with Crippen LogP contribution >= 0.6 is 0 Å². The normalized spacial score (nSPS) is 18.9. The minimum Gasteiger partial charge on any atom is -0.493 e. The van der Waals surface area contributed by atoms with E-state index in [-0.39, 0.29) is 6.03 Å². The topological polar surface area (TPSA) is 78.5 Å². The van der Waals surface area contributed by atoms with Gasteiger partial charge in [0, 0.05) is 38.1 Å². The third kappa shape index (κ3) is 3.59. The first-order valence-electron chi connectivity index (χ1n) is 8.24. The van der Waals surface area contributed by atoms with E-state index in [1.54, 1.807) is 17.0 Å². The number of anilines is 1. The first kappa shape index (κ1) is 17.6. The molecule has 0 radical (unpaired) electrons. The van der Waals surface area contributed by atoms with Gasteiger partial charge in [-0.2, -0.15) is 0 Å². The predicted molar refractivity (Wildman–Crippen MR) is 90.6 cm³/mol. The number of hydrogen-bond donors (Lipinski definition) is 1. The predicted octanol–water partition coefficient (Wildman–Crippen LogP) is 2.08. The van der Waals surface area contributed by atoms with Gasteiger partial charge < -0.3 is 33.9 Å². The molecule has 1 spiro atoms. The van der Waals surface area contributed by atoms with Gasteiger partial charge in [0.1, 0.15) is 0 Å². The quantitative estimate of drug-likeness (QED) is 0.894. The molecule has 0 saturated carbocycles. The van der Waals surface area contributed by atoms with Crippen LogP contribution < -0.4 is 19.5 Å². The number of benzene rings is 1. The van der Waals surface area contributed by atoms with E-state index in [0.717, 1.165) is 0 Å².